The molecule has 1 aliphatic rings. The molecular formula is C24H30N4O. The second-order valence-electron chi connectivity index (χ2n) is 8.57. The van der Waals surface area contributed by atoms with Gasteiger partial charge in [0.1, 0.15) is 5.82 Å². The number of H-pyrrole nitrogens is 1. The molecule has 1 fully saturated rings. The summed E-state index contributed by atoms with van der Waals surface area (Å²) in [6, 6.07) is 12.4. The van der Waals surface area contributed by atoms with Crippen molar-refractivity contribution in [3.05, 3.63) is 58.9 Å². The number of likely N-dealkylation sites (tertiary alicyclic amines) is 1. The van der Waals surface area contributed by atoms with E-state index in [-0.39, 0.29) is 11.9 Å². The first-order valence-corrected chi connectivity index (χ1v) is 10.5. The van der Waals surface area contributed by atoms with Crippen molar-refractivity contribution in [2.24, 2.45) is 0 Å². The number of anilines is 1. The van der Waals surface area contributed by atoms with Crippen molar-refractivity contribution in [2.75, 3.05) is 18.4 Å². The number of rotatable bonds is 3. The Balaban J connectivity index is 1.45. The SMILES string of the molecule is Cc1cc2nc(C3CCCN(C(=O)Nc4ccc(C(C)C)cc4)C3)[nH]c2cc1C. The number of hydrogen-bond acceptors (Lipinski definition) is 2. The average molecular weight is 391 g/mol. The lowest BCUT2D eigenvalue weighted by Crippen LogP contribution is -2.41. The summed E-state index contributed by atoms with van der Waals surface area (Å²) in [7, 11) is 0. The normalized spacial score (nSPS) is 17.1. The molecule has 152 valence electrons. The molecule has 0 radical (unpaired) electrons. The van der Waals surface area contributed by atoms with Crippen LogP contribution in [0.3, 0.4) is 0 Å². The minimum absolute atomic E-state index is 0.0326. The molecule has 0 saturated carbocycles. The first-order valence-electron chi connectivity index (χ1n) is 10.5. The third-order valence-electron chi connectivity index (χ3n) is 6.04. The predicted molar refractivity (Wildman–Crippen MR) is 119 cm³/mol. The molecule has 3 aromatic rings. The van der Waals surface area contributed by atoms with E-state index < -0.39 is 0 Å². The number of fused-ring (bicyclic) bond motifs is 1. The van der Waals surface area contributed by atoms with Crippen molar-refractivity contribution in [1.82, 2.24) is 14.9 Å². The Morgan fingerprint density at radius 2 is 1.90 bits per heavy atom. The van der Waals surface area contributed by atoms with Gasteiger partial charge in [-0.25, -0.2) is 9.78 Å². The van der Waals surface area contributed by atoms with Crippen molar-refractivity contribution in [1.29, 1.82) is 0 Å². The summed E-state index contributed by atoms with van der Waals surface area (Å²) in [5.41, 5.74) is 6.72. The number of amides is 2. The van der Waals surface area contributed by atoms with Gasteiger partial charge in [-0.1, -0.05) is 26.0 Å². The maximum absolute atomic E-state index is 12.8. The number of urea groups is 1. The molecule has 5 nitrogen and oxygen atoms in total. The third kappa shape index (κ3) is 4.14. The van der Waals surface area contributed by atoms with E-state index in [0.29, 0.717) is 12.5 Å². The fourth-order valence-electron chi connectivity index (χ4n) is 4.02. The third-order valence-corrected chi connectivity index (χ3v) is 6.04. The summed E-state index contributed by atoms with van der Waals surface area (Å²) in [5.74, 6) is 1.72. The van der Waals surface area contributed by atoms with Gasteiger partial charge in [0.05, 0.1) is 11.0 Å². The quantitative estimate of drug-likeness (QED) is 0.601. The largest absolute Gasteiger partial charge is 0.342 e. The van der Waals surface area contributed by atoms with Gasteiger partial charge >= 0.3 is 6.03 Å². The van der Waals surface area contributed by atoms with Gasteiger partial charge in [-0.15, -0.1) is 0 Å². The molecular weight excluding hydrogens is 360 g/mol. The molecule has 1 atom stereocenters. The minimum Gasteiger partial charge on any atom is -0.342 e. The second kappa shape index (κ2) is 7.90. The summed E-state index contributed by atoms with van der Waals surface area (Å²) in [6.07, 6.45) is 2.03. The highest BCUT2D eigenvalue weighted by molar-refractivity contribution is 5.89. The van der Waals surface area contributed by atoms with E-state index in [1.165, 1.54) is 16.7 Å². The van der Waals surface area contributed by atoms with Crippen LogP contribution in [0.1, 0.15) is 61.0 Å². The van der Waals surface area contributed by atoms with E-state index in [0.717, 1.165) is 41.9 Å². The molecule has 2 N–H and O–H groups in total. The summed E-state index contributed by atoms with van der Waals surface area (Å²) in [4.78, 5) is 23.0. The zero-order chi connectivity index (χ0) is 20.5. The van der Waals surface area contributed by atoms with Crippen molar-refractivity contribution in [3.8, 4) is 0 Å². The maximum atomic E-state index is 12.8. The van der Waals surface area contributed by atoms with E-state index in [1.807, 2.05) is 17.0 Å². The Morgan fingerprint density at radius 1 is 1.17 bits per heavy atom. The Hall–Kier alpha value is -2.82. The smallest absolute Gasteiger partial charge is 0.321 e. The molecule has 4 rings (SSSR count). The van der Waals surface area contributed by atoms with Crippen LogP contribution in [0.15, 0.2) is 36.4 Å². The van der Waals surface area contributed by atoms with Crippen LogP contribution in [0.25, 0.3) is 11.0 Å². The molecule has 0 aliphatic carbocycles. The molecule has 2 heterocycles. The van der Waals surface area contributed by atoms with Gasteiger partial charge < -0.3 is 15.2 Å². The minimum atomic E-state index is -0.0326. The predicted octanol–water partition coefficient (Wildman–Crippen LogP) is 5.71. The Labute approximate surface area is 172 Å². The fourth-order valence-corrected chi connectivity index (χ4v) is 4.02. The molecule has 0 bridgehead atoms. The number of hydrogen-bond donors (Lipinski definition) is 2. The van der Waals surface area contributed by atoms with Crippen LogP contribution < -0.4 is 5.32 Å². The number of aromatic nitrogens is 2. The molecule has 0 spiro atoms. The van der Waals surface area contributed by atoms with Gasteiger partial charge in [0.25, 0.3) is 0 Å². The van der Waals surface area contributed by atoms with Crippen LogP contribution in [-0.2, 0) is 0 Å². The van der Waals surface area contributed by atoms with Gasteiger partial charge in [0.15, 0.2) is 0 Å². The Bertz CT molecular complexity index is 980. The van der Waals surface area contributed by atoms with E-state index in [4.69, 9.17) is 4.98 Å². The number of nitrogens with one attached hydrogen (secondary N) is 2. The number of nitrogens with zero attached hydrogens (tertiary/aromatic N) is 2. The monoisotopic (exact) mass is 390 g/mol. The van der Waals surface area contributed by atoms with Crippen molar-refractivity contribution in [2.45, 2.75) is 52.4 Å². The first kappa shape index (κ1) is 19.5. The average Bonchev–Trinajstić information content (AvgIpc) is 3.11. The van der Waals surface area contributed by atoms with E-state index >= 15 is 0 Å². The molecule has 5 heteroatoms. The zero-order valence-electron chi connectivity index (χ0n) is 17.7. The highest BCUT2D eigenvalue weighted by Crippen LogP contribution is 2.28. The number of imidazole rings is 1. The van der Waals surface area contributed by atoms with Crippen LogP contribution in [-0.4, -0.2) is 34.0 Å². The van der Waals surface area contributed by atoms with Crippen LogP contribution in [0.5, 0.6) is 0 Å². The summed E-state index contributed by atoms with van der Waals surface area (Å²) < 4.78 is 0. The summed E-state index contributed by atoms with van der Waals surface area (Å²) in [5, 5.41) is 3.05. The van der Waals surface area contributed by atoms with E-state index in [9.17, 15) is 4.79 Å². The van der Waals surface area contributed by atoms with Crippen LogP contribution in [0.2, 0.25) is 0 Å². The highest BCUT2D eigenvalue weighted by Gasteiger charge is 2.27. The van der Waals surface area contributed by atoms with Crippen LogP contribution in [0.4, 0.5) is 10.5 Å². The summed E-state index contributed by atoms with van der Waals surface area (Å²) in [6.45, 7) is 10.0. The molecule has 2 aromatic carbocycles. The van der Waals surface area contributed by atoms with Crippen molar-refractivity contribution in [3.63, 3.8) is 0 Å². The van der Waals surface area contributed by atoms with E-state index in [2.05, 4.69) is 62.3 Å². The summed E-state index contributed by atoms with van der Waals surface area (Å²) >= 11 is 0. The van der Waals surface area contributed by atoms with Crippen molar-refractivity contribution >= 4 is 22.8 Å². The lowest BCUT2D eigenvalue weighted by atomic mass is 9.97. The molecule has 2 amide bonds. The number of carbonyl (C=O) groups excluding carboxylic acids is 1. The molecule has 29 heavy (non-hydrogen) atoms. The molecule has 1 aliphatic heterocycles. The standard InChI is InChI=1S/C24H30N4O/c1-15(2)18-7-9-20(10-8-18)25-24(29)28-11-5-6-19(14-28)23-26-21-12-16(3)17(4)13-22(21)27-23/h7-10,12-13,15,19H,5-6,11,14H2,1-4H3,(H,25,29)(H,26,27). The highest BCUT2D eigenvalue weighted by atomic mass is 16.2. The van der Waals surface area contributed by atoms with Gasteiger partial charge in [-0.2, -0.15) is 0 Å². The zero-order valence-corrected chi connectivity index (χ0v) is 17.7. The van der Waals surface area contributed by atoms with Gasteiger partial charge in [-0.3, -0.25) is 0 Å². The Morgan fingerprint density at radius 3 is 2.62 bits per heavy atom. The van der Waals surface area contributed by atoms with Crippen molar-refractivity contribution < 1.29 is 4.79 Å². The van der Waals surface area contributed by atoms with Crippen LogP contribution in [0, 0.1) is 13.8 Å². The molecule has 1 saturated heterocycles. The number of carbonyl (C=O) groups is 1. The molecule has 1 aromatic heterocycles. The first-order chi connectivity index (χ1) is 13.9. The number of piperidine rings is 1. The number of aryl methyl sites for hydroxylation is 2. The number of benzene rings is 2. The van der Waals surface area contributed by atoms with Gasteiger partial charge in [0.2, 0.25) is 0 Å². The van der Waals surface area contributed by atoms with Crippen LogP contribution >= 0.6 is 0 Å². The van der Waals surface area contributed by atoms with E-state index in [1.54, 1.807) is 0 Å². The maximum Gasteiger partial charge on any atom is 0.321 e. The lowest BCUT2D eigenvalue weighted by molar-refractivity contribution is 0.191. The fraction of sp³-hybridized carbons (Fsp3) is 0.417. The lowest BCUT2D eigenvalue weighted by Gasteiger charge is -2.31. The second-order valence-corrected chi connectivity index (χ2v) is 8.57. The van der Waals surface area contributed by atoms with Gasteiger partial charge in [-0.05, 0) is 73.6 Å². The topological polar surface area (TPSA) is 61.0 Å². The Kier molecular flexibility index (Phi) is 5.31. The molecule has 1 unspecified atom stereocenters. The number of aromatic amines is 1. The van der Waals surface area contributed by atoms with Gasteiger partial charge in [0, 0.05) is 24.7 Å².